The Bertz CT molecular complexity index is 1210. The molecule has 0 radical (unpaired) electrons. The zero-order chi connectivity index (χ0) is 28.2. The summed E-state index contributed by atoms with van der Waals surface area (Å²) in [4.78, 5) is 16.0. The third-order valence-corrected chi connectivity index (χ3v) is 7.83. The van der Waals surface area contributed by atoms with Crippen LogP contribution in [0, 0.1) is 0 Å². The van der Waals surface area contributed by atoms with Crippen LogP contribution in [0.3, 0.4) is 0 Å². The van der Waals surface area contributed by atoms with E-state index in [-0.39, 0.29) is 22.8 Å². The Morgan fingerprint density at radius 1 is 0.821 bits per heavy atom. The van der Waals surface area contributed by atoms with Gasteiger partial charge in [-0.05, 0) is 83.2 Å². The first-order chi connectivity index (χ1) is 18.4. The highest BCUT2D eigenvalue weighted by atomic mass is 16.3. The van der Waals surface area contributed by atoms with Gasteiger partial charge in [0.2, 0.25) is 5.91 Å². The number of para-hydroxylation sites is 1. The Morgan fingerprint density at radius 3 is 1.90 bits per heavy atom. The van der Waals surface area contributed by atoms with Gasteiger partial charge in [0, 0.05) is 29.5 Å². The van der Waals surface area contributed by atoms with Gasteiger partial charge in [0.25, 0.3) is 0 Å². The van der Waals surface area contributed by atoms with Gasteiger partial charge < -0.3 is 15.3 Å². The summed E-state index contributed by atoms with van der Waals surface area (Å²) in [5.41, 5.74) is 5.66. The number of aromatic hydroxyl groups is 1. The van der Waals surface area contributed by atoms with E-state index < -0.39 is 0 Å². The van der Waals surface area contributed by atoms with Crippen molar-refractivity contribution in [3.05, 3.63) is 83.4 Å². The number of phenolic OH excluding ortho intramolecular Hbond substituents is 1. The number of phenols is 1. The average molecular weight is 527 g/mol. The number of hydrogen-bond acceptors (Lipinski definition) is 3. The number of carbonyl (C=O) groups is 1. The number of nitrogens with zero attached hydrogens (tertiary/aromatic N) is 1. The van der Waals surface area contributed by atoms with E-state index >= 15 is 0 Å². The van der Waals surface area contributed by atoms with Crippen LogP contribution in [0.5, 0.6) is 5.75 Å². The fourth-order valence-electron chi connectivity index (χ4n) is 5.64. The lowest BCUT2D eigenvalue weighted by atomic mass is 9.78. The average Bonchev–Trinajstić information content (AvgIpc) is 2.89. The molecule has 0 heterocycles. The van der Waals surface area contributed by atoms with Crippen molar-refractivity contribution in [2.45, 2.75) is 103 Å². The maximum absolute atomic E-state index is 13.9. The minimum Gasteiger partial charge on any atom is -0.507 e. The molecule has 1 aliphatic rings. The molecule has 4 rings (SSSR count). The van der Waals surface area contributed by atoms with Crippen molar-refractivity contribution in [2.75, 3.05) is 10.2 Å². The molecule has 0 spiro atoms. The number of aryl methyl sites for hydroxylation is 1. The number of nitrogens with one attached hydrogen (secondary N) is 1. The Labute approximate surface area is 235 Å². The highest BCUT2D eigenvalue weighted by Crippen LogP contribution is 2.40. The molecule has 1 amide bonds. The van der Waals surface area contributed by atoms with Gasteiger partial charge in [-0.25, -0.2) is 0 Å². The fraction of sp³-hybridized carbons (Fsp3) is 0.457. The molecular weight excluding hydrogens is 480 g/mol. The Hall–Kier alpha value is -3.27. The lowest BCUT2D eigenvalue weighted by Crippen LogP contribution is -2.41. The third-order valence-electron chi connectivity index (χ3n) is 7.83. The molecule has 4 heteroatoms. The molecule has 208 valence electrons. The second-order valence-electron chi connectivity index (χ2n) is 13.1. The zero-order valence-corrected chi connectivity index (χ0v) is 24.7. The van der Waals surface area contributed by atoms with E-state index in [1.165, 1.54) is 19.3 Å². The van der Waals surface area contributed by atoms with Gasteiger partial charge >= 0.3 is 0 Å². The molecule has 0 aromatic heterocycles. The molecule has 1 saturated carbocycles. The molecule has 3 aromatic rings. The van der Waals surface area contributed by atoms with Gasteiger partial charge in [-0.1, -0.05) is 91.1 Å². The summed E-state index contributed by atoms with van der Waals surface area (Å²) in [6.45, 7) is 12.8. The van der Waals surface area contributed by atoms with Crippen LogP contribution in [0.2, 0.25) is 0 Å². The number of benzene rings is 3. The highest BCUT2D eigenvalue weighted by molar-refractivity contribution is 5.94. The molecule has 0 unspecified atom stereocenters. The first kappa shape index (κ1) is 28.7. The number of hydrogen-bond donors (Lipinski definition) is 2. The van der Waals surface area contributed by atoms with E-state index in [9.17, 15) is 9.90 Å². The lowest BCUT2D eigenvalue weighted by Gasteiger charge is -2.35. The van der Waals surface area contributed by atoms with Gasteiger partial charge in [0.05, 0.1) is 0 Å². The third kappa shape index (κ3) is 7.23. The van der Waals surface area contributed by atoms with Crippen LogP contribution in [0.4, 0.5) is 17.1 Å². The minimum atomic E-state index is -0.187. The smallest absolute Gasteiger partial charge is 0.227 e. The quantitative estimate of drug-likeness (QED) is 0.323. The van der Waals surface area contributed by atoms with Crippen molar-refractivity contribution in [1.29, 1.82) is 0 Å². The van der Waals surface area contributed by atoms with E-state index in [1.54, 1.807) is 0 Å². The summed E-state index contributed by atoms with van der Waals surface area (Å²) < 4.78 is 0. The van der Waals surface area contributed by atoms with Gasteiger partial charge in [-0.3, -0.25) is 4.79 Å². The van der Waals surface area contributed by atoms with E-state index in [0.717, 1.165) is 46.6 Å². The van der Waals surface area contributed by atoms with Crippen LogP contribution in [-0.4, -0.2) is 17.1 Å². The van der Waals surface area contributed by atoms with E-state index in [1.807, 2.05) is 30.3 Å². The molecule has 0 saturated heterocycles. The highest BCUT2D eigenvalue weighted by Gasteiger charge is 2.29. The molecule has 0 atom stereocenters. The summed E-state index contributed by atoms with van der Waals surface area (Å²) in [6.07, 6.45) is 6.79. The topological polar surface area (TPSA) is 52.6 Å². The van der Waals surface area contributed by atoms with Crippen molar-refractivity contribution < 1.29 is 9.90 Å². The van der Waals surface area contributed by atoms with E-state index in [2.05, 4.69) is 88.2 Å². The van der Waals surface area contributed by atoms with Crippen LogP contribution >= 0.6 is 0 Å². The standard InChI is InChI=1S/C35H46N2O2/c1-34(2,3)30-23-25(24-31(33(30)39)35(4,5)6)17-22-32(38)37(28-15-11-8-12-16-28)29-20-18-27(19-21-29)36-26-13-9-7-10-14-26/h7,9-10,13-14,18-21,23-24,28,36,39H,8,11-12,15-17,22H2,1-6H3. The summed E-state index contributed by atoms with van der Waals surface area (Å²) in [5, 5.41) is 14.5. The molecule has 3 aromatic carbocycles. The van der Waals surface area contributed by atoms with Crippen molar-refractivity contribution in [1.82, 2.24) is 0 Å². The number of anilines is 3. The van der Waals surface area contributed by atoms with Gasteiger partial charge in [0.1, 0.15) is 5.75 Å². The SMILES string of the molecule is CC(C)(C)c1cc(CCC(=O)N(c2ccc(Nc3ccccc3)cc2)C2CCCCC2)cc(C(C)(C)C)c1O. The largest absolute Gasteiger partial charge is 0.507 e. The second kappa shape index (κ2) is 11.9. The van der Waals surface area contributed by atoms with Crippen molar-refractivity contribution in [2.24, 2.45) is 0 Å². The first-order valence-electron chi connectivity index (χ1n) is 14.5. The van der Waals surface area contributed by atoms with Crippen molar-refractivity contribution in [3.8, 4) is 5.75 Å². The zero-order valence-electron chi connectivity index (χ0n) is 24.7. The molecule has 39 heavy (non-hydrogen) atoms. The molecule has 4 nitrogen and oxygen atoms in total. The minimum absolute atomic E-state index is 0.174. The molecule has 2 N–H and O–H groups in total. The maximum atomic E-state index is 13.9. The molecular formula is C35H46N2O2. The molecule has 1 aliphatic carbocycles. The summed E-state index contributed by atoms with van der Waals surface area (Å²) in [7, 11) is 0. The van der Waals surface area contributed by atoms with Crippen LogP contribution in [0.15, 0.2) is 66.7 Å². The van der Waals surface area contributed by atoms with Crippen LogP contribution in [-0.2, 0) is 22.0 Å². The summed E-state index contributed by atoms with van der Waals surface area (Å²) >= 11 is 0. The first-order valence-corrected chi connectivity index (χ1v) is 14.5. The van der Waals surface area contributed by atoms with Gasteiger partial charge in [-0.15, -0.1) is 0 Å². The number of rotatable bonds is 7. The Kier molecular flexibility index (Phi) is 8.73. The molecule has 1 fully saturated rings. The Morgan fingerprint density at radius 2 is 1.36 bits per heavy atom. The fourth-order valence-corrected chi connectivity index (χ4v) is 5.64. The second-order valence-corrected chi connectivity index (χ2v) is 13.1. The number of amides is 1. The number of carbonyl (C=O) groups excluding carboxylic acids is 1. The normalized spacial score (nSPS) is 14.7. The van der Waals surface area contributed by atoms with Crippen LogP contribution in [0.25, 0.3) is 0 Å². The van der Waals surface area contributed by atoms with Crippen LogP contribution < -0.4 is 10.2 Å². The molecule has 0 bridgehead atoms. The predicted molar refractivity (Wildman–Crippen MR) is 164 cm³/mol. The monoisotopic (exact) mass is 526 g/mol. The predicted octanol–water partition coefficient (Wildman–Crippen LogP) is 9.03. The lowest BCUT2D eigenvalue weighted by molar-refractivity contribution is -0.119. The summed E-state index contributed by atoms with van der Waals surface area (Å²) in [6, 6.07) is 22.9. The van der Waals surface area contributed by atoms with Crippen molar-refractivity contribution in [3.63, 3.8) is 0 Å². The van der Waals surface area contributed by atoms with E-state index in [0.29, 0.717) is 18.6 Å². The van der Waals surface area contributed by atoms with Gasteiger partial charge in [0.15, 0.2) is 0 Å². The molecule has 0 aliphatic heterocycles. The van der Waals surface area contributed by atoms with Gasteiger partial charge in [-0.2, -0.15) is 0 Å². The van der Waals surface area contributed by atoms with Crippen molar-refractivity contribution >= 4 is 23.0 Å². The maximum Gasteiger partial charge on any atom is 0.227 e. The summed E-state index contributed by atoms with van der Waals surface area (Å²) in [5.74, 6) is 0.562. The van der Waals surface area contributed by atoms with Crippen LogP contribution in [0.1, 0.15) is 96.8 Å². The van der Waals surface area contributed by atoms with E-state index in [4.69, 9.17) is 0 Å². The Balaban J connectivity index is 1.57.